The van der Waals surface area contributed by atoms with Crippen LogP contribution in [-0.4, -0.2) is 9.85 Å². The Morgan fingerprint density at radius 1 is 0.818 bits per heavy atom. The summed E-state index contributed by atoms with van der Waals surface area (Å²) in [6, 6.07) is 10.0. The molecular weight excluding hydrogens is 284 g/mol. The summed E-state index contributed by atoms with van der Waals surface area (Å²) >= 11 is 0. The molecule has 22 heavy (non-hydrogen) atoms. The van der Waals surface area contributed by atoms with Crippen LogP contribution in [0.15, 0.2) is 36.4 Å². The van der Waals surface area contributed by atoms with Gasteiger partial charge < -0.3 is 0 Å². The number of nitro benzene ring substituents is 2. The Bertz CT molecular complexity index is 692. The van der Waals surface area contributed by atoms with Gasteiger partial charge in [0.15, 0.2) is 0 Å². The standard InChI is InChI=1S/C16H16N2O4/c1-10-8-13(4-6-15(10)17(19)20)12(3)14-5-7-16(18(21)22)11(2)9-14/h4-9,12H,1-3H3. The van der Waals surface area contributed by atoms with E-state index in [1.807, 2.05) is 6.92 Å². The van der Waals surface area contributed by atoms with Gasteiger partial charge in [-0.1, -0.05) is 19.1 Å². The Morgan fingerprint density at radius 2 is 1.18 bits per heavy atom. The van der Waals surface area contributed by atoms with Gasteiger partial charge in [-0.25, -0.2) is 0 Å². The zero-order valence-corrected chi connectivity index (χ0v) is 12.6. The molecule has 114 valence electrons. The van der Waals surface area contributed by atoms with Gasteiger partial charge in [0.2, 0.25) is 0 Å². The second kappa shape index (κ2) is 5.93. The molecule has 0 radical (unpaired) electrons. The Morgan fingerprint density at radius 3 is 1.45 bits per heavy atom. The lowest BCUT2D eigenvalue weighted by atomic mass is 9.90. The Hall–Kier alpha value is -2.76. The van der Waals surface area contributed by atoms with Crippen LogP contribution in [0.2, 0.25) is 0 Å². The summed E-state index contributed by atoms with van der Waals surface area (Å²) in [5.74, 6) is -0.000918. The minimum atomic E-state index is -0.403. The van der Waals surface area contributed by atoms with Crippen LogP contribution in [0.5, 0.6) is 0 Å². The highest BCUT2D eigenvalue weighted by molar-refractivity contribution is 5.47. The molecule has 2 aromatic carbocycles. The molecule has 6 heteroatoms. The third-order valence-corrected chi connectivity index (χ3v) is 3.84. The second-order valence-electron chi connectivity index (χ2n) is 5.33. The Labute approximate surface area is 127 Å². The first kappa shape index (κ1) is 15.6. The zero-order chi connectivity index (χ0) is 16.4. The first-order valence-corrected chi connectivity index (χ1v) is 6.81. The van der Waals surface area contributed by atoms with E-state index in [0.717, 1.165) is 11.1 Å². The first-order chi connectivity index (χ1) is 10.3. The average Bonchev–Trinajstić information content (AvgIpc) is 2.45. The molecule has 0 amide bonds. The van der Waals surface area contributed by atoms with E-state index in [1.165, 1.54) is 12.1 Å². The number of rotatable bonds is 4. The molecule has 0 spiro atoms. The van der Waals surface area contributed by atoms with Crippen LogP contribution >= 0.6 is 0 Å². The molecule has 0 aromatic heterocycles. The fourth-order valence-electron chi connectivity index (χ4n) is 2.50. The molecule has 0 aliphatic carbocycles. The number of aryl methyl sites for hydroxylation is 2. The topological polar surface area (TPSA) is 86.3 Å². The third-order valence-electron chi connectivity index (χ3n) is 3.84. The van der Waals surface area contributed by atoms with E-state index in [-0.39, 0.29) is 17.3 Å². The van der Waals surface area contributed by atoms with E-state index in [9.17, 15) is 20.2 Å². The molecule has 0 aliphatic rings. The molecule has 0 unspecified atom stereocenters. The number of nitro groups is 2. The van der Waals surface area contributed by atoms with Gasteiger partial charge in [-0.05, 0) is 37.1 Å². The van der Waals surface area contributed by atoms with Crippen molar-refractivity contribution in [3.05, 3.63) is 78.9 Å². The van der Waals surface area contributed by atoms with E-state index < -0.39 is 9.85 Å². The van der Waals surface area contributed by atoms with Gasteiger partial charge in [0.05, 0.1) is 9.85 Å². The second-order valence-corrected chi connectivity index (χ2v) is 5.33. The summed E-state index contributed by atoms with van der Waals surface area (Å²) in [5.41, 5.74) is 3.28. The van der Waals surface area contributed by atoms with E-state index in [0.29, 0.717) is 11.1 Å². The minimum absolute atomic E-state index is 0.000918. The summed E-state index contributed by atoms with van der Waals surface area (Å²) < 4.78 is 0. The van der Waals surface area contributed by atoms with Crippen LogP contribution in [0.4, 0.5) is 11.4 Å². The quantitative estimate of drug-likeness (QED) is 0.623. The lowest BCUT2D eigenvalue weighted by Crippen LogP contribution is -2.00. The molecule has 2 rings (SSSR count). The maximum absolute atomic E-state index is 10.9. The van der Waals surface area contributed by atoms with E-state index in [2.05, 4.69) is 0 Å². The zero-order valence-electron chi connectivity index (χ0n) is 12.6. The fraction of sp³-hybridized carbons (Fsp3) is 0.250. The average molecular weight is 300 g/mol. The first-order valence-electron chi connectivity index (χ1n) is 6.81. The molecule has 0 atom stereocenters. The van der Waals surface area contributed by atoms with Crippen molar-refractivity contribution in [3.63, 3.8) is 0 Å². The van der Waals surface area contributed by atoms with Crippen LogP contribution in [0.3, 0.4) is 0 Å². The van der Waals surface area contributed by atoms with Crippen molar-refractivity contribution in [1.82, 2.24) is 0 Å². The Balaban J connectivity index is 2.38. The molecular formula is C16H16N2O4. The molecule has 0 saturated heterocycles. The highest BCUT2D eigenvalue weighted by Crippen LogP contribution is 2.30. The van der Waals surface area contributed by atoms with Crippen molar-refractivity contribution in [2.45, 2.75) is 26.7 Å². The predicted octanol–water partition coefficient (Wildman–Crippen LogP) is 4.27. The van der Waals surface area contributed by atoms with Gasteiger partial charge in [-0.15, -0.1) is 0 Å². The van der Waals surface area contributed by atoms with Crippen molar-refractivity contribution >= 4 is 11.4 Å². The predicted molar refractivity (Wildman–Crippen MR) is 83.2 cm³/mol. The molecule has 0 N–H and O–H groups in total. The largest absolute Gasteiger partial charge is 0.272 e. The number of hydrogen-bond donors (Lipinski definition) is 0. The van der Waals surface area contributed by atoms with Gasteiger partial charge in [0, 0.05) is 29.2 Å². The van der Waals surface area contributed by atoms with Gasteiger partial charge >= 0.3 is 0 Å². The van der Waals surface area contributed by atoms with E-state index in [1.54, 1.807) is 38.1 Å². The highest BCUT2D eigenvalue weighted by Gasteiger charge is 2.17. The SMILES string of the molecule is Cc1cc(C(C)c2ccc([N+](=O)[O-])c(C)c2)ccc1[N+](=O)[O-]. The van der Waals surface area contributed by atoms with Crippen molar-refractivity contribution in [3.8, 4) is 0 Å². The Kier molecular flexibility index (Phi) is 4.21. The van der Waals surface area contributed by atoms with Gasteiger partial charge in [0.25, 0.3) is 11.4 Å². The summed E-state index contributed by atoms with van der Waals surface area (Å²) in [6.45, 7) is 5.38. The lowest BCUT2D eigenvalue weighted by Gasteiger charge is -2.14. The molecule has 0 aliphatic heterocycles. The highest BCUT2D eigenvalue weighted by atomic mass is 16.6. The normalized spacial score (nSPS) is 10.7. The molecule has 0 bridgehead atoms. The summed E-state index contributed by atoms with van der Waals surface area (Å²) in [7, 11) is 0. The molecule has 6 nitrogen and oxygen atoms in total. The van der Waals surface area contributed by atoms with E-state index in [4.69, 9.17) is 0 Å². The van der Waals surface area contributed by atoms with Crippen LogP contribution < -0.4 is 0 Å². The van der Waals surface area contributed by atoms with Crippen LogP contribution in [0.25, 0.3) is 0 Å². The van der Waals surface area contributed by atoms with Crippen molar-refractivity contribution in [2.75, 3.05) is 0 Å². The number of hydrogen-bond acceptors (Lipinski definition) is 4. The van der Waals surface area contributed by atoms with Gasteiger partial charge in [-0.2, -0.15) is 0 Å². The maximum Gasteiger partial charge on any atom is 0.272 e. The monoisotopic (exact) mass is 300 g/mol. The molecule has 0 saturated carbocycles. The molecule has 0 heterocycles. The lowest BCUT2D eigenvalue weighted by molar-refractivity contribution is -0.385. The van der Waals surface area contributed by atoms with Crippen LogP contribution in [0.1, 0.15) is 35.1 Å². The fourth-order valence-corrected chi connectivity index (χ4v) is 2.50. The molecule has 0 fully saturated rings. The maximum atomic E-state index is 10.9. The molecule has 2 aromatic rings. The summed E-state index contributed by atoms with van der Waals surface area (Å²) in [6.07, 6.45) is 0. The van der Waals surface area contributed by atoms with Crippen molar-refractivity contribution in [2.24, 2.45) is 0 Å². The number of nitrogens with zero attached hydrogens (tertiary/aromatic N) is 2. The van der Waals surface area contributed by atoms with Crippen molar-refractivity contribution < 1.29 is 9.85 Å². The summed E-state index contributed by atoms with van der Waals surface area (Å²) in [4.78, 5) is 20.9. The van der Waals surface area contributed by atoms with Gasteiger partial charge in [0.1, 0.15) is 0 Å². The van der Waals surface area contributed by atoms with Gasteiger partial charge in [-0.3, -0.25) is 20.2 Å². The van der Waals surface area contributed by atoms with Crippen LogP contribution in [0, 0.1) is 34.1 Å². The number of benzene rings is 2. The minimum Gasteiger partial charge on any atom is -0.258 e. The van der Waals surface area contributed by atoms with E-state index >= 15 is 0 Å². The third kappa shape index (κ3) is 2.95. The van der Waals surface area contributed by atoms with Crippen LogP contribution in [-0.2, 0) is 0 Å². The van der Waals surface area contributed by atoms with Crippen molar-refractivity contribution in [1.29, 1.82) is 0 Å². The smallest absolute Gasteiger partial charge is 0.258 e. The summed E-state index contributed by atoms with van der Waals surface area (Å²) in [5, 5.41) is 21.7.